The van der Waals surface area contributed by atoms with Crippen LogP contribution in [0.4, 0.5) is 0 Å². The number of ketones is 1. The molecule has 0 amide bonds. The number of ether oxygens (including phenoxy) is 1. The minimum absolute atomic E-state index is 0.0641. The zero-order chi connectivity index (χ0) is 14.7. The quantitative estimate of drug-likeness (QED) is 0.744. The van der Waals surface area contributed by atoms with Crippen LogP contribution in [0.1, 0.15) is 28.8 Å². The number of methoxy groups -OCH3 is 1. The van der Waals surface area contributed by atoms with Crippen LogP contribution in [0, 0.1) is 0 Å². The number of hydrogen-bond acceptors (Lipinski definition) is 2. The maximum atomic E-state index is 12.5. The highest BCUT2D eigenvalue weighted by molar-refractivity contribution is 6.44. The van der Waals surface area contributed by atoms with E-state index >= 15 is 0 Å². The summed E-state index contributed by atoms with van der Waals surface area (Å²) in [5.74, 6) is 0.115. The van der Waals surface area contributed by atoms with Gasteiger partial charge in [-0.05, 0) is 17.7 Å². The van der Waals surface area contributed by atoms with Gasteiger partial charge in [-0.1, -0.05) is 60.5 Å². The van der Waals surface area contributed by atoms with Crippen molar-refractivity contribution in [2.24, 2.45) is 0 Å². The Bertz CT molecular complexity index is 624. The minimum atomic E-state index is -0.279. The highest BCUT2D eigenvalue weighted by Gasteiger charge is 2.22. The van der Waals surface area contributed by atoms with Crippen molar-refractivity contribution >= 4 is 29.0 Å². The van der Waals surface area contributed by atoms with E-state index in [-0.39, 0.29) is 21.7 Å². The molecule has 104 valence electrons. The van der Waals surface area contributed by atoms with E-state index in [9.17, 15) is 4.79 Å². The van der Waals surface area contributed by atoms with E-state index in [0.29, 0.717) is 11.3 Å². The van der Waals surface area contributed by atoms with Crippen molar-refractivity contribution in [3.05, 3.63) is 63.6 Å². The van der Waals surface area contributed by atoms with Crippen LogP contribution in [0.5, 0.6) is 5.75 Å². The zero-order valence-corrected chi connectivity index (χ0v) is 12.7. The first-order chi connectivity index (χ1) is 9.56. The summed E-state index contributed by atoms with van der Waals surface area (Å²) in [6, 6.07) is 12.9. The van der Waals surface area contributed by atoms with E-state index in [0.717, 1.165) is 5.56 Å². The molecule has 0 saturated carbocycles. The molecule has 0 aromatic heterocycles. The Kier molecular flexibility index (Phi) is 4.69. The van der Waals surface area contributed by atoms with Crippen molar-refractivity contribution in [3.63, 3.8) is 0 Å². The van der Waals surface area contributed by atoms with Gasteiger partial charge >= 0.3 is 0 Å². The van der Waals surface area contributed by atoms with Crippen LogP contribution in [0.25, 0.3) is 0 Å². The van der Waals surface area contributed by atoms with Crippen molar-refractivity contribution in [1.29, 1.82) is 0 Å². The Labute approximate surface area is 128 Å². The molecule has 4 heteroatoms. The van der Waals surface area contributed by atoms with E-state index in [2.05, 4.69) is 0 Å². The molecule has 1 atom stereocenters. The molecule has 0 aliphatic carbocycles. The number of halogens is 2. The summed E-state index contributed by atoms with van der Waals surface area (Å²) in [4.78, 5) is 12.5. The van der Waals surface area contributed by atoms with E-state index < -0.39 is 0 Å². The average molecular weight is 309 g/mol. The molecule has 0 aliphatic heterocycles. The van der Waals surface area contributed by atoms with Gasteiger partial charge < -0.3 is 4.74 Å². The second kappa shape index (κ2) is 6.29. The average Bonchev–Trinajstić information content (AvgIpc) is 2.49. The van der Waals surface area contributed by atoms with Crippen molar-refractivity contribution < 1.29 is 9.53 Å². The van der Waals surface area contributed by atoms with Crippen molar-refractivity contribution in [1.82, 2.24) is 0 Å². The molecule has 0 heterocycles. The molecular weight excluding hydrogens is 295 g/mol. The largest absolute Gasteiger partial charge is 0.495 e. The van der Waals surface area contributed by atoms with Gasteiger partial charge in [0.15, 0.2) is 5.78 Å². The summed E-state index contributed by atoms with van der Waals surface area (Å²) < 4.78 is 5.08. The molecule has 1 unspecified atom stereocenters. The van der Waals surface area contributed by atoms with Crippen molar-refractivity contribution in [3.8, 4) is 5.75 Å². The molecule has 2 aromatic carbocycles. The summed E-state index contributed by atoms with van der Waals surface area (Å²) in [5, 5.41) is 0.499. The zero-order valence-electron chi connectivity index (χ0n) is 11.2. The summed E-state index contributed by atoms with van der Waals surface area (Å²) in [6.45, 7) is 1.85. The van der Waals surface area contributed by atoms with Gasteiger partial charge in [-0.25, -0.2) is 0 Å². The topological polar surface area (TPSA) is 26.3 Å². The van der Waals surface area contributed by atoms with Gasteiger partial charge in [0.25, 0.3) is 0 Å². The lowest BCUT2D eigenvalue weighted by atomic mass is 9.92. The number of rotatable bonds is 4. The summed E-state index contributed by atoms with van der Waals surface area (Å²) in [7, 11) is 1.51. The fourth-order valence-electron chi connectivity index (χ4n) is 2.01. The third-order valence-corrected chi connectivity index (χ3v) is 4.09. The molecule has 0 aliphatic rings. The second-order valence-electron chi connectivity index (χ2n) is 4.44. The maximum absolute atomic E-state index is 12.5. The van der Waals surface area contributed by atoms with Gasteiger partial charge in [-0.3, -0.25) is 4.79 Å². The number of Topliss-reactive ketones (excluding diaryl/α,β-unsaturated/α-hetero) is 1. The first-order valence-corrected chi connectivity index (χ1v) is 6.93. The predicted octanol–water partition coefficient (Wildman–Crippen LogP) is 4.99. The monoisotopic (exact) mass is 308 g/mol. The fourth-order valence-corrected chi connectivity index (χ4v) is 2.50. The summed E-state index contributed by atoms with van der Waals surface area (Å²) in [6.07, 6.45) is 0. The van der Waals surface area contributed by atoms with Crippen molar-refractivity contribution in [2.45, 2.75) is 12.8 Å². The lowest BCUT2D eigenvalue weighted by Gasteiger charge is -2.14. The van der Waals surface area contributed by atoms with Gasteiger partial charge in [-0.15, -0.1) is 0 Å². The normalized spacial score (nSPS) is 12.0. The molecule has 0 saturated heterocycles. The Balaban J connectivity index is 2.37. The Morgan fingerprint density at radius 3 is 2.30 bits per heavy atom. The van der Waals surface area contributed by atoms with Crippen LogP contribution < -0.4 is 4.74 Å². The van der Waals surface area contributed by atoms with Crippen LogP contribution in [0.3, 0.4) is 0 Å². The van der Waals surface area contributed by atoms with Crippen LogP contribution in [0.2, 0.25) is 10.0 Å². The van der Waals surface area contributed by atoms with Crippen LogP contribution in [-0.2, 0) is 0 Å². The Morgan fingerprint density at radius 2 is 1.70 bits per heavy atom. The number of benzene rings is 2. The van der Waals surface area contributed by atoms with E-state index in [1.807, 2.05) is 37.3 Å². The molecule has 0 N–H and O–H groups in total. The van der Waals surface area contributed by atoms with E-state index in [1.54, 1.807) is 12.1 Å². The predicted molar refractivity (Wildman–Crippen MR) is 82.2 cm³/mol. The molecule has 0 radical (unpaired) electrons. The summed E-state index contributed by atoms with van der Waals surface area (Å²) >= 11 is 12.3. The maximum Gasteiger partial charge on any atom is 0.171 e. The molecule has 2 nitrogen and oxygen atoms in total. The first kappa shape index (κ1) is 14.9. The molecule has 2 aromatic rings. The molecular formula is C16H14Cl2O2. The fraction of sp³-hybridized carbons (Fsp3) is 0.188. The SMILES string of the molecule is COc1ccc(C(=O)C(C)c2ccccc2)c(Cl)c1Cl. The molecule has 0 fully saturated rings. The molecule has 20 heavy (non-hydrogen) atoms. The second-order valence-corrected chi connectivity index (χ2v) is 5.20. The molecule has 0 spiro atoms. The van der Waals surface area contributed by atoms with Gasteiger partial charge in [-0.2, -0.15) is 0 Å². The first-order valence-electron chi connectivity index (χ1n) is 6.17. The summed E-state index contributed by atoms with van der Waals surface area (Å²) in [5.41, 5.74) is 1.36. The highest BCUT2D eigenvalue weighted by Crippen LogP contribution is 2.36. The van der Waals surface area contributed by atoms with Crippen molar-refractivity contribution in [2.75, 3.05) is 7.11 Å². The van der Waals surface area contributed by atoms with Gasteiger partial charge in [0.2, 0.25) is 0 Å². The Hall–Kier alpha value is -1.51. The number of hydrogen-bond donors (Lipinski definition) is 0. The standard InChI is InChI=1S/C16H14Cl2O2/c1-10(11-6-4-3-5-7-11)16(19)12-8-9-13(20-2)15(18)14(12)17/h3-10H,1-2H3. The third kappa shape index (κ3) is 2.82. The van der Waals surface area contributed by atoms with E-state index in [1.165, 1.54) is 7.11 Å². The Morgan fingerprint density at radius 1 is 1.05 bits per heavy atom. The highest BCUT2D eigenvalue weighted by atomic mass is 35.5. The minimum Gasteiger partial charge on any atom is -0.495 e. The lowest BCUT2D eigenvalue weighted by Crippen LogP contribution is -2.10. The number of carbonyl (C=O) groups is 1. The smallest absolute Gasteiger partial charge is 0.171 e. The van der Waals surface area contributed by atoms with Crippen LogP contribution >= 0.6 is 23.2 Å². The van der Waals surface area contributed by atoms with E-state index in [4.69, 9.17) is 27.9 Å². The lowest BCUT2D eigenvalue weighted by molar-refractivity contribution is 0.0966. The third-order valence-electron chi connectivity index (χ3n) is 3.23. The van der Waals surface area contributed by atoms with Crippen LogP contribution in [-0.4, -0.2) is 12.9 Å². The van der Waals surface area contributed by atoms with Gasteiger partial charge in [0.05, 0.1) is 12.1 Å². The molecule has 2 rings (SSSR count). The van der Waals surface area contributed by atoms with Gasteiger partial charge in [0, 0.05) is 11.5 Å². The van der Waals surface area contributed by atoms with Crippen LogP contribution in [0.15, 0.2) is 42.5 Å². The van der Waals surface area contributed by atoms with Gasteiger partial charge in [0.1, 0.15) is 10.8 Å². The molecule has 0 bridgehead atoms. The number of carbonyl (C=O) groups excluding carboxylic acids is 1.